The van der Waals surface area contributed by atoms with Gasteiger partial charge in [0.15, 0.2) is 5.65 Å². The quantitative estimate of drug-likeness (QED) is 0.639. The smallest absolute Gasteiger partial charge is 0.162 e. The lowest BCUT2D eigenvalue weighted by Crippen LogP contribution is -1.95. The number of fused-ring (bicyclic) bond motifs is 1. The monoisotopic (exact) mass is 226 g/mol. The maximum Gasteiger partial charge on any atom is 0.162 e. The van der Waals surface area contributed by atoms with Crippen molar-refractivity contribution in [2.45, 2.75) is 6.92 Å². The summed E-state index contributed by atoms with van der Waals surface area (Å²) >= 11 is 3.36. The van der Waals surface area contributed by atoms with E-state index in [2.05, 4.69) is 31.0 Å². The van der Waals surface area contributed by atoms with Crippen LogP contribution in [0.15, 0.2) is 10.8 Å². The summed E-state index contributed by atoms with van der Waals surface area (Å²) in [6.45, 7) is 1.86. The number of halogens is 1. The summed E-state index contributed by atoms with van der Waals surface area (Å²) in [7, 11) is 1.86. The molecule has 62 valence electrons. The Kier molecular flexibility index (Phi) is 1.61. The van der Waals surface area contributed by atoms with E-state index < -0.39 is 0 Å². The fourth-order valence-corrected chi connectivity index (χ4v) is 1.63. The van der Waals surface area contributed by atoms with Gasteiger partial charge in [-0.15, -0.1) is 0 Å². The summed E-state index contributed by atoms with van der Waals surface area (Å²) in [4.78, 5) is 8.42. The Morgan fingerprint density at radius 1 is 1.42 bits per heavy atom. The van der Waals surface area contributed by atoms with Gasteiger partial charge in [-0.05, 0) is 22.9 Å². The molecule has 0 aromatic carbocycles. The maximum atomic E-state index is 4.26. The van der Waals surface area contributed by atoms with E-state index >= 15 is 0 Å². The second-order valence-corrected chi connectivity index (χ2v) is 3.32. The van der Waals surface area contributed by atoms with Crippen molar-refractivity contribution in [3.05, 3.63) is 16.6 Å². The second-order valence-electron chi connectivity index (χ2n) is 2.57. The number of hydrogen-bond donors (Lipinski definition) is 0. The van der Waals surface area contributed by atoms with Gasteiger partial charge < -0.3 is 0 Å². The van der Waals surface area contributed by atoms with Crippen LogP contribution in [-0.4, -0.2) is 19.7 Å². The van der Waals surface area contributed by atoms with Gasteiger partial charge in [-0.25, -0.2) is 9.97 Å². The average molecular weight is 227 g/mol. The maximum absolute atomic E-state index is 4.26. The molecular formula is C7H7BrN4. The molecule has 0 bridgehead atoms. The van der Waals surface area contributed by atoms with Crippen LogP contribution >= 0.6 is 15.9 Å². The molecular weight excluding hydrogens is 220 g/mol. The summed E-state index contributed by atoms with van der Waals surface area (Å²) in [5.41, 5.74) is 0.856. The Bertz CT molecular complexity index is 434. The standard InChI is InChI=1S/C7H7BrN4/c1-4-10-6(8)5-3-9-12(2)7(5)11-4/h3H,1-2H3. The minimum atomic E-state index is 0.748. The van der Waals surface area contributed by atoms with Crippen LogP contribution in [0.1, 0.15) is 5.82 Å². The Morgan fingerprint density at radius 2 is 2.17 bits per heavy atom. The Balaban J connectivity index is 2.92. The fourth-order valence-electron chi connectivity index (χ4n) is 1.09. The van der Waals surface area contributed by atoms with E-state index in [9.17, 15) is 0 Å². The molecule has 0 saturated carbocycles. The van der Waals surface area contributed by atoms with Crippen LogP contribution in [-0.2, 0) is 7.05 Å². The van der Waals surface area contributed by atoms with Crippen LogP contribution < -0.4 is 0 Å². The molecule has 0 radical (unpaired) electrons. The first-order valence-electron chi connectivity index (χ1n) is 3.50. The van der Waals surface area contributed by atoms with E-state index in [0.717, 1.165) is 21.5 Å². The van der Waals surface area contributed by atoms with Crippen LogP contribution in [0, 0.1) is 6.92 Å². The molecule has 0 unspecified atom stereocenters. The van der Waals surface area contributed by atoms with Gasteiger partial charge in [0.2, 0.25) is 0 Å². The highest BCUT2D eigenvalue weighted by atomic mass is 79.9. The molecule has 2 rings (SSSR count). The van der Waals surface area contributed by atoms with Crippen molar-refractivity contribution in [1.29, 1.82) is 0 Å². The lowest BCUT2D eigenvalue weighted by Gasteiger charge is -1.96. The van der Waals surface area contributed by atoms with Crippen molar-refractivity contribution >= 4 is 27.0 Å². The third-order valence-corrected chi connectivity index (χ3v) is 2.26. The van der Waals surface area contributed by atoms with Gasteiger partial charge in [0.05, 0.1) is 11.6 Å². The zero-order chi connectivity index (χ0) is 8.72. The first-order chi connectivity index (χ1) is 5.68. The van der Waals surface area contributed by atoms with E-state index in [1.807, 2.05) is 14.0 Å². The van der Waals surface area contributed by atoms with Crippen molar-refractivity contribution in [3.63, 3.8) is 0 Å². The first kappa shape index (κ1) is 7.67. The molecule has 5 heteroatoms. The van der Waals surface area contributed by atoms with Gasteiger partial charge in [0, 0.05) is 7.05 Å². The highest BCUT2D eigenvalue weighted by Gasteiger charge is 2.06. The number of aromatic nitrogens is 4. The van der Waals surface area contributed by atoms with Crippen LogP contribution in [0.5, 0.6) is 0 Å². The lowest BCUT2D eigenvalue weighted by molar-refractivity contribution is 0.782. The second kappa shape index (κ2) is 2.52. The molecule has 4 nitrogen and oxygen atoms in total. The van der Waals surface area contributed by atoms with Gasteiger partial charge in [-0.3, -0.25) is 4.68 Å². The normalized spacial score (nSPS) is 10.9. The predicted octanol–water partition coefficient (Wildman–Crippen LogP) is 1.43. The van der Waals surface area contributed by atoms with Crippen LogP contribution in [0.2, 0.25) is 0 Å². The van der Waals surface area contributed by atoms with Crippen molar-refractivity contribution in [2.75, 3.05) is 0 Å². The molecule has 2 heterocycles. The van der Waals surface area contributed by atoms with Crippen LogP contribution in [0.4, 0.5) is 0 Å². The topological polar surface area (TPSA) is 43.6 Å². The first-order valence-corrected chi connectivity index (χ1v) is 4.29. The fraction of sp³-hybridized carbons (Fsp3) is 0.286. The summed E-state index contributed by atoms with van der Waals surface area (Å²) in [6, 6.07) is 0. The summed E-state index contributed by atoms with van der Waals surface area (Å²) < 4.78 is 2.53. The van der Waals surface area contributed by atoms with Crippen LogP contribution in [0.25, 0.3) is 11.0 Å². The van der Waals surface area contributed by atoms with Gasteiger partial charge in [-0.2, -0.15) is 5.10 Å². The highest BCUT2D eigenvalue weighted by molar-refractivity contribution is 9.10. The largest absolute Gasteiger partial charge is 0.250 e. The number of rotatable bonds is 0. The van der Waals surface area contributed by atoms with E-state index in [1.165, 1.54) is 0 Å². The average Bonchev–Trinajstić information content (AvgIpc) is 2.33. The lowest BCUT2D eigenvalue weighted by atomic mass is 10.4. The highest BCUT2D eigenvalue weighted by Crippen LogP contribution is 2.19. The third kappa shape index (κ3) is 1.01. The van der Waals surface area contributed by atoms with Gasteiger partial charge in [0.1, 0.15) is 10.4 Å². The van der Waals surface area contributed by atoms with E-state index in [4.69, 9.17) is 0 Å². The molecule has 0 amide bonds. The molecule has 2 aromatic heterocycles. The Hall–Kier alpha value is -0.970. The number of aryl methyl sites for hydroxylation is 2. The third-order valence-electron chi connectivity index (χ3n) is 1.66. The van der Waals surface area contributed by atoms with Crippen molar-refractivity contribution in [2.24, 2.45) is 7.05 Å². The molecule has 0 spiro atoms. The SMILES string of the molecule is Cc1nc(Br)c2cnn(C)c2n1. The summed E-state index contributed by atoms with van der Waals surface area (Å²) in [5, 5.41) is 5.03. The minimum absolute atomic E-state index is 0.748. The molecule has 0 aliphatic carbocycles. The van der Waals surface area contributed by atoms with E-state index in [-0.39, 0.29) is 0 Å². The van der Waals surface area contributed by atoms with E-state index in [1.54, 1.807) is 10.9 Å². The van der Waals surface area contributed by atoms with Gasteiger partial charge in [-0.1, -0.05) is 0 Å². The predicted molar refractivity (Wildman–Crippen MR) is 48.7 cm³/mol. The zero-order valence-corrected chi connectivity index (χ0v) is 8.33. The molecule has 0 aliphatic rings. The molecule has 2 aromatic rings. The molecule has 12 heavy (non-hydrogen) atoms. The van der Waals surface area contributed by atoms with Gasteiger partial charge in [0.25, 0.3) is 0 Å². The van der Waals surface area contributed by atoms with Crippen molar-refractivity contribution in [1.82, 2.24) is 19.7 Å². The molecule has 0 aliphatic heterocycles. The molecule has 0 atom stereocenters. The molecule has 0 saturated heterocycles. The minimum Gasteiger partial charge on any atom is -0.250 e. The molecule has 0 N–H and O–H groups in total. The molecule has 0 fully saturated rings. The Labute approximate surface area is 77.8 Å². The zero-order valence-electron chi connectivity index (χ0n) is 6.74. The van der Waals surface area contributed by atoms with Crippen molar-refractivity contribution < 1.29 is 0 Å². The van der Waals surface area contributed by atoms with Crippen LogP contribution in [0.3, 0.4) is 0 Å². The summed E-state index contributed by atoms with van der Waals surface area (Å²) in [6.07, 6.45) is 1.75. The number of hydrogen-bond acceptors (Lipinski definition) is 3. The van der Waals surface area contributed by atoms with E-state index in [0.29, 0.717) is 0 Å². The van der Waals surface area contributed by atoms with Crippen molar-refractivity contribution in [3.8, 4) is 0 Å². The van der Waals surface area contributed by atoms with Gasteiger partial charge >= 0.3 is 0 Å². The number of nitrogens with zero attached hydrogens (tertiary/aromatic N) is 4. The Morgan fingerprint density at radius 3 is 2.92 bits per heavy atom. The summed E-state index contributed by atoms with van der Waals surface area (Å²) in [5.74, 6) is 0.748.